The number of hydrogen-bond acceptors (Lipinski definition) is 4. The largest absolute Gasteiger partial charge is 0.384 e. The molecule has 24 heavy (non-hydrogen) atoms. The molecule has 0 unspecified atom stereocenters. The van der Waals surface area contributed by atoms with E-state index in [-0.39, 0.29) is 18.1 Å². The second-order valence-corrected chi connectivity index (χ2v) is 6.48. The van der Waals surface area contributed by atoms with Gasteiger partial charge in [-0.25, -0.2) is 4.98 Å². The number of anilines is 1. The van der Waals surface area contributed by atoms with E-state index in [9.17, 15) is 4.79 Å². The van der Waals surface area contributed by atoms with Crippen LogP contribution in [-0.2, 0) is 4.74 Å². The SMILES string of the molecule is CC(C)[C@H]1CN(C(=O)c2cccc(N)n2)C[C@@H](c2ccccc2)O1. The molecule has 1 aromatic heterocycles. The first-order valence-electron chi connectivity index (χ1n) is 8.27. The van der Waals surface area contributed by atoms with Crippen LogP contribution in [0.1, 0.15) is 36.0 Å². The van der Waals surface area contributed by atoms with Crippen LogP contribution in [0.15, 0.2) is 48.5 Å². The molecule has 1 fully saturated rings. The van der Waals surface area contributed by atoms with Gasteiger partial charge in [-0.2, -0.15) is 0 Å². The van der Waals surface area contributed by atoms with Gasteiger partial charge in [-0.3, -0.25) is 4.79 Å². The summed E-state index contributed by atoms with van der Waals surface area (Å²) in [5, 5.41) is 0. The van der Waals surface area contributed by atoms with Gasteiger partial charge < -0.3 is 15.4 Å². The van der Waals surface area contributed by atoms with E-state index in [2.05, 4.69) is 18.8 Å². The van der Waals surface area contributed by atoms with Crippen LogP contribution < -0.4 is 5.73 Å². The second kappa shape index (κ2) is 7.01. The Labute approximate surface area is 142 Å². The quantitative estimate of drug-likeness (QED) is 0.942. The molecule has 1 saturated heterocycles. The predicted molar refractivity (Wildman–Crippen MR) is 93.4 cm³/mol. The summed E-state index contributed by atoms with van der Waals surface area (Å²) in [6.07, 6.45) is -0.133. The molecule has 0 spiro atoms. The molecule has 1 aromatic carbocycles. The highest BCUT2D eigenvalue weighted by Crippen LogP contribution is 2.28. The van der Waals surface area contributed by atoms with Gasteiger partial charge in [0.05, 0.1) is 12.6 Å². The first-order valence-corrected chi connectivity index (χ1v) is 8.27. The Balaban J connectivity index is 1.85. The summed E-state index contributed by atoms with van der Waals surface area (Å²) in [4.78, 5) is 18.8. The summed E-state index contributed by atoms with van der Waals surface area (Å²) in [7, 11) is 0. The zero-order chi connectivity index (χ0) is 17.1. The maximum Gasteiger partial charge on any atom is 0.272 e. The molecule has 0 saturated carbocycles. The number of benzene rings is 1. The summed E-state index contributed by atoms with van der Waals surface area (Å²) in [5.74, 6) is 0.576. The minimum atomic E-state index is -0.127. The van der Waals surface area contributed by atoms with E-state index in [0.29, 0.717) is 30.5 Å². The number of pyridine rings is 1. The standard InChI is InChI=1S/C19H23N3O2/c1-13(2)16-11-22(19(23)15-9-6-10-18(20)21-15)12-17(24-16)14-7-4-3-5-8-14/h3-10,13,16-17H,11-12H2,1-2H3,(H2,20,21)/t16-,17+/m1/s1. The Morgan fingerprint density at radius 3 is 2.58 bits per heavy atom. The van der Waals surface area contributed by atoms with Crippen molar-refractivity contribution in [2.75, 3.05) is 18.8 Å². The summed E-state index contributed by atoms with van der Waals surface area (Å²) >= 11 is 0. The van der Waals surface area contributed by atoms with Crippen molar-refractivity contribution >= 4 is 11.7 Å². The molecule has 3 rings (SSSR count). The fraction of sp³-hybridized carbons (Fsp3) is 0.368. The van der Waals surface area contributed by atoms with Gasteiger partial charge in [0.2, 0.25) is 0 Å². The Morgan fingerprint density at radius 2 is 1.92 bits per heavy atom. The van der Waals surface area contributed by atoms with Gasteiger partial charge >= 0.3 is 0 Å². The fourth-order valence-electron chi connectivity index (χ4n) is 2.91. The van der Waals surface area contributed by atoms with Crippen molar-refractivity contribution in [3.63, 3.8) is 0 Å². The van der Waals surface area contributed by atoms with Crippen molar-refractivity contribution in [3.05, 3.63) is 59.8 Å². The number of carbonyl (C=O) groups excluding carboxylic acids is 1. The first kappa shape index (κ1) is 16.5. The monoisotopic (exact) mass is 325 g/mol. The molecule has 1 amide bonds. The number of ether oxygens (including phenoxy) is 1. The van der Waals surface area contributed by atoms with Gasteiger partial charge in [0.15, 0.2) is 0 Å². The van der Waals surface area contributed by atoms with Crippen LogP contribution in [-0.4, -0.2) is 35.0 Å². The second-order valence-electron chi connectivity index (χ2n) is 6.48. The maximum atomic E-state index is 12.8. The number of carbonyl (C=O) groups is 1. The highest BCUT2D eigenvalue weighted by Gasteiger charge is 2.33. The summed E-state index contributed by atoms with van der Waals surface area (Å²) in [6, 6.07) is 15.2. The first-order chi connectivity index (χ1) is 11.5. The highest BCUT2D eigenvalue weighted by atomic mass is 16.5. The molecular weight excluding hydrogens is 302 g/mol. The van der Waals surface area contributed by atoms with E-state index >= 15 is 0 Å². The Morgan fingerprint density at radius 1 is 1.17 bits per heavy atom. The topological polar surface area (TPSA) is 68.5 Å². The molecule has 2 heterocycles. The van der Waals surface area contributed by atoms with Crippen LogP contribution in [0.25, 0.3) is 0 Å². The van der Waals surface area contributed by atoms with Gasteiger partial charge in [-0.15, -0.1) is 0 Å². The smallest absolute Gasteiger partial charge is 0.272 e. The van der Waals surface area contributed by atoms with Crippen LogP contribution >= 0.6 is 0 Å². The Kier molecular flexibility index (Phi) is 4.81. The van der Waals surface area contributed by atoms with Crippen molar-refractivity contribution < 1.29 is 9.53 Å². The summed E-state index contributed by atoms with van der Waals surface area (Å²) < 4.78 is 6.23. The van der Waals surface area contributed by atoms with E-state index in [4.69, 9.17) is 10.5 Å². The fourth-order valence-corrected chi connectivity index (χ4v) is 2.91. The van der Waals surface area contributed by atoms with Crippen LogP contribution in [0.5, 0.6) is 0 Å². The van der Waals surface area contributed by atoms with E-state index < -0.39 is 0 Å². The number of morpholine rings is 1. The molecule has 5 nitrogen and oxygen atoms in total. The van der Waals surface area contributed by atoms with Gasteiger partial charge in [-0.1, -0.05) is 50.2 Å². The zero-order valence-corrected chi connectivity index (χ0v) is 14.1. The number of aromatic nitrogens is 1. The van der Waals surface area contributed by atoms with Gasteiger partial charge in [0.25, 0.3) is 5.91 Å². The van der Waals surface area contributed by atoms with E-state index in [1.165, 1.54) is 0 Å². The van der Waals surface area contributed by atoms with Crippen LogP contribution in [0.3, 0.4) is 0 Å². The lowest BCUT2D eigenvalue weighted by molar-refractivity contribution is -0.0955. The molecule has 0 radical (unpaired) electrons. The number of rotatable bonds is 3. The molecular formula is C19H23N3O2. The molecule has 0 bridgehead atoms. The van der Waals surface area contributed by atoms with E-state index in [0.717, 1.165) is 5.56 Å². The maximum absolute atomic E-state index is 12.8. The third-order valence-corrected chi connectivity index (χ3v) is 4.32. The van der Waals surface area contributed by atoms with Crippen LogP contribution in [0.4, 0.5) is 5.82 Å². The Hall–Kier alpha value is -2.40. The number of nitrogens with two attached hydrogens (primary N) is 1. The molecule has 126 valence electrons. The van der Waals surface area contributed by atoms with Gasteiger partial charge in [-0.05, 0) is 23.6 Å². The summed E-state index contributed by atoms with van der Waals surface area (Å²) in [6.45, 7) is 5.30. The third-order valence-electron chi connectivity index (χ3n) is 4.32. The Bertz CT molecular complexity index is 703. The molecule has 1 aliphatic rings. The van der Waals surface area contributed by atoms with E-state index in [1.807, 2.05) is 35.2 Å². The molecule has 5 heteroatoms. The molecule has 1 aliphatic heterocycles. The lowest BCUT2D eigenvalue weighted by Crippen LogP contribution is -2.48. The number of nitrogens with zero attached hydrogens (tertiary/aromatic N) is 2. The van der Waals surface area contributed by atoms with Gasteiger partial charge in [0, 0.05) is 6.54 Å². The number of amides is 1. The average molecular weight is 325 g/mol. The number of hydrogen-bond donors (Lipinski definition) is 1. The van der Waals surface area contributed by atoms with Crippen molar-refractivity contribution in [3.8, 4) is 0 Å². The molecule has 0 aliphatic carbocycles. The molecule has 2 aromatic rings. The number of nitrogen functional groups attached to an aromatic ring is 1. The molecule has 2 atom stereocenters. The van der Waals surface area contributed by atoms with Crippen LogP contribution in [0.2, 0.25) is 0 Å². The minimum Gasteiger partial charge on any atom is -0.384 e. The van der Waals surface area contributed by atoms with Gasteiger partial charge in [0.1, 0.15) is 17.6 Å². The van der Waals surface area contributed by atoms with Crippen molar-refractivity contribution in [2.45, 2.75) is 26.1 Å². The normalized spacial score (nSPS) is 21.0. The average Bonchev–Trinajstić information content (AvgIpc) is 2.61. The third kappa shape index (κ3) is 3.57. The van der Waals surface area contributed by atoms with Crippen molar-refractivity contribution in [2.24, 2.45) is 5.92 Å². The lowest BCUT2D eigenvalue weighted by Gasteiger charge is -2.40. The van der Waals surface area contributed by atoms with Crippen molar-refractivity contribution in [1.82, 2.24) is 9.88 Å². The lowest BCUT2D eigenvalue weighted by atomic mass is 10.0. The van der Waals surface area contributed by atoms with Crippen LogP contribution in [0, 0.1) is 5.92 Å². The highest BCUT2D eigenvalue weighted by molar-refractivity contribution is 5.92. The van der Waals surface area contributed by atoms with E-state index in [1.54, 1.807) is 18.2 Å². The summed E-state index contributed by atoms with van der Waals surface area (Å²) in [5.41, 5.74) is 7.18. The predicted octanol–water partition coefficient (Wildman–Crippen LogP) is 2.90. The zero-order valence-electron chi connectivity index (χ0n) is 14.1. The van der Waals surface area contributed by atoms with Crippen molar-refractivity contribution in [1.29, 1.82) is 0 Å². The molecule has 2 N–H and O–H groups in total. The minimum absolute atomic E-state index is 0.00559.